The van der Waals surface area contributed by atoms with E-state index in [-0.39, 0.29) is 12.1 Å². The molecular formula is C15H20N2O. The molecule has 2 rings (SSSR count). The number of nitrogens with zero attached hydrogens (tertiary/aromatic N) is 2. The molecule has 1 heterocycles. The average Bonchev–Trinajstić information content (AvgIpc) is 2.37. The smallest absolute Gasteiger partial charge is 0.101 e. The first-order valence-electron chi connectivity index (χ1n) is 6.46. The molecule has 0 spiro atoms. The Labute approximate surface area is 109 Å². The van der Waals surface area contributed by atoms with E-state index < -0.39 is 0 Å². The van der Waals surface area contributed by atoms with Gasteiger partial charge in [-0.2, -0.15) is 5.26 Å². The van der Waals surface area contributed by atoms with Crippen LogP contribution >= 0.6 is 0 Å². The Morgan fingerprint density at radius 1 is 1.44 bits per heavy atom. The third-order valence-corrected chi connectivity index (χ3v) is 3.85. The van der Waals surface area contributed by atoms with Crippen LogP contribution in [0.2, 0.25) is 0 Å². The van der Waals surface area contributed by atoms with Crippen molar-refractivity contribution in [3.05, 3.63) is 29.8 Å². The van der Waals surface area contributed by atoms with Crippen LogP contribution in [0.4, 0.5) is 5.69 Å². The van der Waals surface area contributed by atoms with Crippen molar-refractivity contribution in [2.75, 3.05) is 18.1 Å². The van der Waals surface area contributed by atoms with Gasteiger partial charge in [-0.3, -0.25) is 0 Å². The van der Waals surface area contributed by atoms with Gasteiger partial charge in [0.2, 0.25) is 0 Å². The van der Waals surface area contributed by atoms with Crippen LogP contribution in [0.1, 0.15) is 32.3 Å². The van der Waals surface area contributed by atoms with Crippen molar-refractivity contribution in [3.8, 4) is 6.07 Å². The second-order valence-electron chi connectivity index (χ2n) is 5.63. The molecule has 0 aromatic heterocycles. The summed E-state index contributed by atoms with van der Waals surface area (Å²) < 4.78 is 0. The van der Waals surface area contributed by atoms with Crippen LogP contribution in [0, 0.1) is 17.2 Å². The van der Waals surface area contributed by atoms with Crippen molar-refractivity contribution in [2.45, 2.75) is 32.2 Å². The summed E-state index contributed by atoms with van der Waals surface area (Å²) in [6.07, 6.45) is 1.95. The van der Waals surface area contributed by atoms with Crippen molar-refractivity contribution in [1.29, 1.82) is 5.26 Å². The molecule has 1 atom stereocenters. The lowest BCUT2D eigenvalue weighted by molar-refractivity contribution is 0.166. The maximum Gasteiger partial charge on any atom is 0.101 e. The molecule has 1 aliphatic heterocycles. The number of benzene rings is 1. The molecule has 0 radical (unpaired) electrons. The van der Waals surface area contributed by atoms with Crippen LogP contribution in [0.5, 0.6) is 0 Å². The highest BCUT2D eigenvalue weighted by atomic mass is 16.3. The fraction of sp³-hybridized carbons (Fsp3) is 0.533. The van der Waals surface area contributed by atoms with E-state index in [1.54, 1.807) is 0 Å². The van der Waals surface area contributed by atoms with E-state index in [0.717, 1.165) is 30.6 Å². The van der Waals surface area contributed by atoms with E-state index in [0.29, 0.717) is 5.92 Å². The Hall–Kier alpha value is -1.53. The molecule has 0 saturated carbocycles. The van der Waals surface area contributed by atoms with E-state index in [1.165, 1.54) is 0 Å². The lowest BCUT2D eigenvalue weighted by atomic mass is 9.82. The topological polar surface area (TPSA) is 47.3 Å². The Morgan fingerprint density at radius 3 is 2.78 bits per heavy atom. The Morgan fingerprint density at radius 2 is 2.17 bits per heavy atom. The molecule has 1 aromatic carbocycles. The first-order valence-corrected chi connectivity index (χ1v) is 6.46. The minimum atomic E-state index is -0.0153. The van der Waals surface area contributed by atoms with Crippen LogP contribution in [0.15, 0.2) is 24.3 Å². The highest BCUT2D eigenvalue weighted by Crippen LogP contribution is 2.36. The number of anilines is 1. The summed E-state index contributed by atoms with van der Waals surface area (Å²) in [6, 6.07) is 10.0. The number of rotatable bonds is 2. The van der Waals surface area contributed by atoms with E-state index in [9.17, 15) is 10.4 Å². The second-order valence-corrected chi connectivity index (χ2v) is 5.63. The third kappa shape index (κ3) is 2.34. The summed E-state index contributed by atoms with van der Waals surface area (Å²) in [7, 11) is 0. The number of aliphatic hydroxyl groups is 1. The molecule has 18 heavy (non-hydrogen) atoms. The summed E-state index contributed by atoms with van der Waals surface area (Å²) in [5.74, 6) is 0.380. The largest absolute Gasteiger partial charge is 0.396 e. The molecule has 96 valence electrons. The van der Waals surface area contributed by atoms with E-state index in [2.05, 4.69) is 24.8 Å². The second kappa shape index (κ2) is 4.99. The zero-order valence-corrected chi connectivity index (χ0v) is 11.1. The number of piperidine rings is 1. The number of hydrogen-bond donors (Lipinski definition) is 1. The standard InChI is InChI=1S/C15H20N2O/c1-15(2)9-12(11-18)7-8-17(15)14-6-4-3-5-13(14)10-16/h3-6,12,18H,7-9,11H2,1-2H3. The number of hydrogen-bond acceptors (Lipinski definition) is 3. The van der Waals surface area contributed by atoms with Crippen LogP contribution in [0.25, 0.3) is 0 Å². The predicted octanol–water partition coefficient (Wildman–Crippen LogP) is 2.55. The minimum absolute atomic E-state index is 0.0153. The summed E-state index contributed by atoms with van der Waals surface area (Å²) >= 11 is 0. The molecular weight excluding hydrogens is 224 g/mol. The Bertz CT molecular complexity index is 462. The van der Waals surface area contributed by atoms with Crippen LogP contribution in [0.3, 0.4) is 0 Å². The molecule has 1 N–H and O–H groups in total. The quantitative estimate of drug-likeness (QED) is 0.869. The zero-order valence-electron chi connectivity index (χ0n) is 11.1. The summed E-state index contributed by atoms with van der Waals surface area (Å²) in [5, 5.41) is 18.5. The summed E-state index contributed by atoms with van der Waals surface area (Å²) in [6.45, 7) is 5.53. The van der Waals surface area contributed by atoms with Gasteiger partial charge in [-0.25, -0.2) is 0 Å². The van der Waals surface area contributed by atoms with Crippen molar-refractivity contribution in [1.82, 2.24) is 0 Å². The third-order valence-electron chi connectivity index (χ3n) is 3.85. The van der Waals surface area contributed by atoms with Crippen LogP contribution < -0.4 is 4.90 Å². The van der Waals surface area contributed by atoms with E-state index in [1.807, 2.05) is 24.3 Å². The van der Waals surface area contributed by atoms with Gasteiger partial charge in [0.15, 0.2) is 0 Å². The van der Waals surface area contributed by atoms with Gasteiger partial charge in [0.1, 0.15) is 6.07 Å². The van der Waals surface area contributed by atoms with E-state index >= 15 is 0 Å². The molecule has 1 saturated heterocycles. The molecule has 0 amide bonds. The SMILES string of the molecule is CC1(C)CC(CO)CCN1c1ccccc1C#N. The zero-order chi connectivity index (χ0) is 13.2. The molecule has 0 bridgehead atoms. The van der Waals surface area contributed by atoms with Gasteiger partial charge in [0, 0.05) is 18.7 Å². The average molecular weight is 244 g/mol. The van der Waals surface area contributed by atoms with Crippen LogP contribution in [-0.2, 0) is 0 Å². The minimum Gasteiger partial charge on any atom is -0.396 e. The van der Waals surface area contributed by atoms with Gasteiger partial charge in [0.25, 0.3) is 0 Å². The first kappa shape index (κ1) is 12.9. The maximum absolute atomic E-state index is 9.31. The summed E-state index contributed by atoms with van der Waals surface area (Å²) in [4.78, 5) is 2.30. The fourth-order valence-corrected chi connectivity index (χ4v) is 2.94. The highest BCUT2D eigenvalue weighted by Gasteiger charge is 2.35. The van der Waals surface area contributed by atoms with Gasteiger partial charge in [0.05, 0.1) is 11.3 Å². The molecule has 1 unspecified atom stereocenters. The van der Waals surface area contributed by atoms with Gasteiger partial charge < -0.3 is 10.0 Å². The predicted molar refractivity (Wildman–Crippen MR) is 72.4 cm³/mol. The highest BCUT2D eigenvalue weighted by molar-refractivity contribution is 5.60. The Balaban J connectivity index is 2.31. The van der Waals surface area contributed by atoms with Crippen LogP contribution in [-0.4, -0.2) is 23.8 Å². The fourth-order valence-electron chi connectivity index (χ4n) is 2.94. The van der Waals surface area contributed by atoms with Gasteiger partial charge in [-0.15, -0.1) is 0 Å². The van der Waals surface area contributed by atoms with Gasteiger partial charge >= 0.3 is 0 Å². The van der Waals surface area contributed by atoms with Gasteiger partial charge in [-0.05, 0) is 44.7 Å². The Kier molecular flexibility index (Phi) is 3.58. The van der Waals surface area contributed by atoms with E-state index in [4.69, 9.17) is 0 Å². The number of para-hydroxylation sites is 1. The normalized spacial score (nSPS) is 22.6. The number of aliphatic hydroxyl groups excluding tert-OH is 1. The summed E-state index contributed by atoms with van der Waals surface area (Å²) in [5.41, 5.74) is 1.73. The number of nitriles is 1. The monoisotopic (exact) mass is 244 g/mol. The molecule has 0 aliphatic carbocycles. The molecule has 1 aliphatic rings. The first-order chi connectivity index (χ1) is 8.58. The van der Waals surface area contributed by atoms with Crippen molar-refractivity contribution in [3.63, 3.8) is 0 Å². The molecule has 1 fully saturated rings. The molecule has 3 nitrogen and oxygen atoms in total. The lowest BCUT2D eigenvalue weighted by Crippen LogP contribution is -2.51. The molecule has 1 aromatic rings. The van der Waals surface area contributed by atoms with Crippen molar-refractivity contribution in [2.24, 2.45) is 5.92 Å². The van der Waals surface area contributed by atoms with Crippen molar-refractivity contribution < 1.29 is 5.11 Å². The van der Waals surface area contributed by atoms with Gasteiger partial charge in [-0.1, -0.05) is 12.1 Å². The van der Waals surface area contributed by atoms with Crippen molar-refractivity contribution >= 4 is 5.69 Å². The molecule has 3 heteroatoms. The maximum atomic E-state index is 9.31. The lowest BCUT2D eigenvalue weighted by Gasteiger charge is -2.47.